The number of carbonyl (C=O) groups excluding carboxylic acids is 2. The number of nitrogens with zero attached hydrogens (tertiary/aromatic N) is 1. The molecule has 1 unspecified atom stereocenters. The number of amides is 1. The lowest BCUT2D eigenvalue weighted by Gasteiger charge is -2.21. The first-order chi connectivity index (χ1) is 11.1. The zero-order valence-corrected chi connectivity index (χ0v) is 14.5. The highest BCUT2D eigenvalue weighted by Gasteiger charge is 2.25. The van der Waals surface area contributed by atoms with Gasteiger partial charge in [-0.1, -0.05) is 31.5 Å². The minimum atomic E-state index is -0.416. The lowest BCUT2D eigenvalue weighted by molar-refractivity contribution is -0.145. The van der Waals surface area contributed by atoms with E-state index in [9.17, 15) is 9.59 Å². The normalized spacial score (nSPS) is 11.7. The van der Waals surface area contributed by atoms with Gasteiger partial charge in [0, 0.05) is 18.7 Å². The second kappa shape index (κ2) is 9.87. The van der Waals surface area contributed by atoms with Gasteiger partial charge in [0.2, 0.25) is 0 Å². The topological polar surface area (TPSA) is 55.8 Å². The van der Waals surface area contributed by atoms with Gasteiger partial charge in [0.05, 0.1) is 12.5 Å². The van der Waals surface area contributed by atoms with Gasteiger partial charge in [-0.15, -0.1) is 0 Å². The maximum atomic E-state index is 12.2. The molecule has 128 valence electrons. The monoisotopic (exact) mass is 321 g/mol. The third-order valence-corrected chi connectivity index (χ3v) is 3.66. The Morgan fingerprint density at radius 2 is 1.74 bits per heavy atom. The first kappa shape index (κ1) is 19.0. The lowest BCUT2D eigenvalue weighted by atomic mass is 9.94. The van der Waals surface area contributed by atoms with E-state index in [1.807, 2.05) is 32.9 Å². The molecule has 0 saturated heterocycles. The molecule has 1 aromatic rings. The molecule has 0 heterocycles. The number of para-hydroxylation sites is 1. The Bertz CT molecular complexity index is 511. The molecule has 0 aliphatic carbocycles. The van der Waals surface area contributed by atoms with Gasteiger partial charge in [-0.05, 0) is 33.3 Å². The standard InChI is InChI=1S/C18H27NO4/c1-5-11-15(17(20)22-8-4)14-12-9-10-13-16(14)23-18(21)19(6-2)7-3/h9-10,12-13,15H,5-8,11H2,1-4H3. The number of esters is 1. The van der Waals surface area contributed by atoms with E-state index in [0.29, 0.717) is 37.4 Å². The van der Waals surface area contributed by atoms with Gasteiger partial charge in [-0.25, -0.2) is 4.79 Å². The van der Waals surface area contributed by atoms with Crippen molar-refractivity contribution in [2.45, 2.75) is 46.5 Å². The largest absolute Gasteiger partial charge is 0.466 e. The highest BCUT2D eigenvalue weighted by atomic mass is 16.6. The summed E-state index contributed by atoms with van der Waals surface area (Å²) in [7, 11) is 0. The highest BCUT2D eigenvalue weighted by Crippen LogP contribution is 2.31. The van der Waals surface area contributed by atoms with Gasteiger partial charge in [-0.2, -0.15) is 0 Å². The fraction of sp³-hybridized carbons (Fsp3) is 0.556. The van der Waals surface area contributed by atoms with E-state index in [1.54, 1.807) is 24.0 Å². The molecule has 0 radical (unpaired) electrons. The number of rotatable bonds is 8. The Labute approximate surface area is 138 Å². The predicted octanol–water partition coefficient (Wildman–Crippen LogP) is 3.97. The Morgan fingerprint density at radius 3 is 2.30 bits per heavy atom. The zero-order valence-electron chi connectivity index (χ0n) is 14.5. The summed E-state index contributed by atoms with van der Waals surface area (Å²) in [6.45, 7) is 9.08. The minimum Gasteiger partial charge on any atom is -0.466 e. The van der Waals surface area contributed by atoms with Crippen LogP contribution in [-0.2, 0) is 9.53 Å². The molecule has 1 atom stereocenters. The van der Waals surface area contributed by atoms with Gasteiger partial charge < -0.3 is 14.4 Å². The van der Waals surface area contributed by atoms with Crippen LogP contribution >= 0.6 is 0 Å². The van der Waals surface area contributed by atoms with E-state index in [1.165, 1.54) is 0 Å². The molecular weight excluding hydrogens is 294 g/mol. The molecule has 23 heavy (non-hydrogen) atoms. The third-order valence-electron chi connectivity index (χ3n) is 3.66. The van der Waals surface area contributed by atoms with Crippen LogP contribution in [0.5, 0.6) is 5.75 Å². The molecule has 0 aliphatic rings. The smallest absolute Gasteiger partial charge is 0.415 e. The highest BCUT2D eigenvalue weighted by molar-refractivity contribution is 5.80. The minimum absolute atomic E-state index is 0.277. The molecule has 1 aromatic carbocycles. The molecule has 0 N–H and O–H groups in total. The van der Waals surface area contributed by atoms with Crippen LogP contribution in [0.4, 0.5) is 4.79 Å². The molecule has 0 bridgehead atoms. The van der Waals surface area contributed by atoms with Crippen LogP contribution in [-0.4, -0.2) is 36.7 Å². The van der Waals surface area contributed by atoms with E-state index >= 15 is 0 Å². The Kier molecular flexibility index (Phi) is 8.16. The quantitative estimate of drug-likeness (QED) is 0.680. The molecule has 5 heteroatoms. The first-order valence-electron chi connectivity index (χ1n) is 8.31. The summed E-state index contributed by atoms with van der Waals surface area (Å²) in [5.41, 5.74) is 0.702. The Balaban J connectivity index is 3.06. The fourth-order valence-electron chi connectivity index (χ4n) is 2.43. The van der Waals surface area contributed by atoms with Crippen molar-refractivity contribution in [1.29, 1.82) is 0 Å². The number of hydrogen-bond donors (Lipinski definition) is 0. The second-order valence-electron chi connectivity index (χ2n) is 5.17. The molecular formula is C18H27NO4. The van der Waals surface area contributed by atoms with Crippen molar-refractivity contribution in [2.24, 2.45) is 0 Å². The number of ether oxygens (including phenoxy) is 2. The third kappa shape index (κ3) is 5.27. The summed E-state index contributed by atoms with van der Waals surface area (Å²) < 4.78 is 10.7. The summed E-state index contributed by atoms with van der Waals surface area (Å²) >= 11 is 0. The summed E-state index contributed by atoms with van der Waals surface area (Å²) in [6.07, 6.45) is 1.09. The van der Waals surface area contributed by atoms with Crippen LogP contribution in [0.15, 0.2) is 24.3 Å². The van der Waals surface area contributed by atoms with Crippen LogP contribution in [0.3, 0.4) is 0 Å². The van der Waals surface area contributed by atoms with E-state index in [2.05, 4.69) is 0 Å². The van der Waals surface area contributed by atoms with Gasteiger partial charge >= 0.3 is 12.1 Å². The summed E-state index contributed by atoms with van der Waals surface area (Å²) in [5, 5.41) is 0. The van der Waals surface area contributed by atoms with Gasteiger partial charge in [-0.3, -0.25) is 4.79 Å². The molecule has 0 fully saturated rings. The molecule has 1 rings (SSSR count). The molecule has 5 nitrogen and oxygen atoms in total. The van der Waals surface area contributed by atoms with E-state index < -0.39 is 12.0 Å². The fourth-order valence-corrected chi connectivity index (χ4v) is 2.43. The Hall–Kier alpha value is -2.04. The van der Waals surface area contributed by atoms with Crippen molar-refractivity contribution in [1.82, 2.24) is 4.90 Å². The van der Waals surface area contributed by atoms with Crippen LogP contribution in [0, 0.1) is 0 Å². The van der Waals surface area contributed by atoms with Crippen molar-refractivity contribution in [3.63, 3.8) is 0 Å². The van der Waals surface area contributed by atoms with Crippen LogP contribution in [0.2, 0.25) is 0 Å². The summed E-state index contributed by atoms with van der Waals surface area (Å²) in [6, 6.07) is 7.18. The Morgan fingerprint density at radius 1 is 1.09 bits per heavy atom. The van der Waals surface area contributed by atoms with Crippen LogP contribution in [0.1, 0.15) is 52.0 Å². The van der Waals surface area contributed by atoms with Crippen LogP contribution < -0.4 is 4.74 Å². The van der Waals surface area contributed by atoms with Crippen LogP contribution in [0.25, 0.3) is 0 Å². The zero-order chi connectivity index (χ0) is 17.2. The average molecular weight is 321 g/mol. The summed E-state index contributed by atoms with van der Waals surface area (Å²) in [4.78, 5) is 26.0. The molecule has 0 saturated carbocycles. The molecule has 0 spiro atoms. The number of hydrogen-bond acceptors (Lipinski definition) is 4. The predicted molar refractivity (Wildman–Crippen MR) is 89.7 cm³/mol. The van der Waals surface area contributed by atoms with Crippen molar-refractivity contribution in [3.8, 4) is 5.75 Å². The van der Waals surface area contributed by atoms with Gasteiger partial charge in [0.25, 0.3) is 0 Å². The van der Waals surface area contributed by atoms with Gasteiger partial charge in [0.15, 0.2) is 0 Å². The van der Waals surface area contributed by atoms with Crippen molar-refractivity contribution < 1.29 is 19.1 Å². The maximum absolute atomic E-state index is 12.2. The maximum Gasteiger partial charge on any atom is 0.415 e. The average Bonchev–Trinajstić information content (AvgIpc) is 2.54. The molecule has 1 amide bonds. The summed E-state index contributed by atoms with van der Waals surface area (Å²) in [5.74, 6) is -0.266. The van der Waals surface area contributed by atoms with Crippen molar-refractivity contribution in [3.05, 3.63) is 29.8 Å². The lowest BCUT2D eigenvalue weighted by Crippen LogP contribution is -2.33. The van der Waals surface area contributed by atoms with E-state index in [4.69, 9.17) is 9.47 Å². The SMILES string of the molecule is CCCC(C(=O)OCC)c1ccccc1OC(=O)N(CC)CC. The first-order valence-corrected chi connectivity index (χ1v) is 8.31. The number of carbonyl (C=O) groups is 2. The van der Waals surface area contributed by atoms with E-state index in [0.717, 1.165) is 6.42 Å². The second-order valence-corrected chi connectivity index (χ2v) is 5.17. The molecule has 0 aromatic heterocycles. The van der Waals surface area contributed by atoms with Crippen molar-refractivity contribution >= 4 is 12.1 Å². The van der Waals surface area contributed by atoms with Gasteiger partial charge in [0.1, 0.15) is 5.75 Å². The molecule has 0 aliphatic heterocycles. The number of benzene rings is 1. The van der Waals surface area contributed by atoms with E-state index in [-0.39, 0.29) is 5.97 Å². The van der Waals surface area contributed by atoms with Crippen molar-refractivity contribution in [2.75, 3.05) is 19.7 Å².